The van der Waals surface area contributed by atoms with Gasteiger partial charge in [0.05, 0.1) is 18.5 Å². The fourth-order valence-corrected chi connectivity index (χ4v) is 1.62. The standard InChI is InChI=1S/C13H20N2O2/c1-3-4-7-15(8-9-16)12-5-6-13(11(2)17)14-10-12/h5-6,10,16H,3-4,7-9H2,1-2H3. The second kappa shape index (κ2) is 7.01. The Balaban J connectivity index is 2.75. The van der Waals surface area contributed by atoms with Crippen molar-refractivity contribution in [2.45, 2.75) is 26.7 Å². The van der Waals surface area contributed by atoms with Crippen molar-refractivity contribution >= 4 is 11.5 Å². The van der Waals surface area contributed by atoms with Crippen LogP contribution in [0, 0.1) is 0 Å². The molecule has 0 spiro atoms. The molecular formula is C13H20N2O2. The van der Waals surface area contributed by atoms with Crippen LogP contribution in [-0.4, -0.2) is 35.6 Å². The maximum Gasteiger partial charge on any atom is 0.178 e. The molecule has 0 unspecified atom stereocenters. The lowest BCUT2D eigenvalue weighted by Gasteiger charge is -2.23. The van der Waals surface area contributed by atoms with Gasteiger partial charge >= 0.3 is 0 Å². The fraction of sp³-hybridized carbons (Fsp3) is 0.538. The smallest absolute Gasteiger partial charge is 0.178 e. The topological polar surface area (TPSA) is 53.4 Å². The molecule has 1 aromatic rings. The summed E-state index contributed by atoms with van der Waals surface area (Å²) in [6.45, 7) is 5.26. The van der Waals surface area contributed by atoms with E-state index in [1.54, 1.807) is 12.3 Å². The van der Waals surface area contributed by atoms with Crippen molar-refractivity contribution < 1.29 is 9.90 Å². The number of carbonyl (C=O) groups excluding carboxylic acids is 1. The van der Waals surface area contributed by atoms with Gasteiger partial charge in [-0.05, 0) is 18.6 Å². The number of aromatic nitrogens is 1. The molecule has 4 nitrogen and oxygen atoms in total. The minimum Gasteiger partial charge on any atom is -0.395 e. The van der Waals surface area contributed by atoms with E-state index >= 15 is 0 Å². The molecule has 0 saturated heterocycles. The Morgan fingerprint density at radius 3 is 2.65 bits per heavy atom. The van der Waals surface area contributed by atoms with Gasteiger partial charge in [0.2, 0.25) is 0 Å². The first kappa shape index (κ1) is 13.6. The van der Waals surface area contributed by atoms with Crippen molar-refractivity contribution in [1.82, 2.24) is 4.98 Å². The van der Waals surface area contributed by atoms with Crippen LogP contribution in [0.1, 0.15) is 37.2 Å². The summed E-state index contributed by atoms with van der Waals surface area (Å²) in [5.41, 5.74) is 1.44. The second-order valence-electron chi connectivity index (χ2n) is 4.02. The van der Waals surface area contributed by atoms with E-state index < -0.39 is 0 Å². The van der Waals surface area contributed by atoms with Crippen molar-refractivity contribution in [1.29, 1.82) is 0 Å². The first-order chi connectivity index (χ1) is 8.19. The summed E-state index contributed by atoms with van der Waals surface area (Å²) in [7, 11) is 0. The average molecular weight is 236 g/mol. The highest BCUT2D eigenvalue weighted by Crippen LogP contribution is 2.14. The van der Waals surface area contributed by atoms with Crippen molar-refractivity contribution in [3.05, 3.63) is 24.0 Å². The maximum absolute atomic E-state index is 11.1. The number of aliphatic hydroxyl groups excluding tert-OH is 1. The van der Waals surface area contributed by atoms with Gasteiger partial charge in [0, 0.05) is 20.0 Å². The van der Waals surface area contributed by atoms with Crippen LogP contribution in [-0.2, 0) is 0 Å². The van der Waals surface area contributed by atoms with Crippen molar-refractivity contribution in [2.75, 3.05) is 24.6 Å². The van der Waals surface area contributed by atoms with Gasteiger partial charge in [-0.2, -0.15) is 0 Å². The van der Waals surface area contributed by atoms with Crippen LogP contribution in [0.2, 0.25) is 0 Å². The minimum absolute atomic E-state index is 0.0289. The zero-order valence-electron chi connectivity index (χ0n) is 10.5. The third-order valence-electron chi connectivity index (χ3n) is 2.63. The molecule has 4 heteroatoms. The number of rotatable bonds is 7. The summed E-state index contributed by atoms with van der Waals surface area (Å²) < 4.78 is 0. The molecule has 0 aliphatic carbocycles. The highest BCUT2D eigenvalue weighted by Gasteiger charge is 2.07. The minimum atomic E-state index is -0.0289. The monoisotopic (exact) mass is 236 g/mol. The summed E-state index contributed by atoms with van der Waals surface area (Å²) in [6.07, 6.45) is 3.89. The molecule has 0 aliphatic heterocycles. The van der Waals surface area contributed by atoms with Crippen LogP contribution in [0.5, 0.6) is 0 Å². The Bertz CT molecular complexity index is 349. The van der Waals surface area contributed by atoms with Crippen LogP contribution in [0.3, 0.4) is 0 Å². The predicted octanol–water partition coefficient (Wildman–Crippen LogP) is 1.88. The van der Waals surface area contributed by atoms with Crippen molar-refractivity contribution in [3.63, 3.8) is 0 Å². The molecular weight excluding hydrogens is 216 g/mol. The maximum atomic E-state index is 11.1. The molecule has 0 fully saturated rings. The lowest BCUT2D eigenvalue weighted by molar-refractivity contribution is 0.101. The van der Waals surface area contributed by atoms with Crippen LogP contribution in [0.15, 0.2) is 18.3 Å². The van der Waals surface area contributed by atoms with Crippen LogP contribution in [0.4, 0.5) is 5.69 Å². The number of hydrogen-bond acceptors (Lipinski definition) is 4. The van der Waals surface area contributed by atoms with E-state index in [1.807, 2.05) is 6.07 Å². The molecule has 0 aliphatic rings. The molecule has 0 radical (unpaired) electrons. The molecule has 17 heavy (non-hydrogen) atoms. The highest BCUT2D eigenvalue weighted by molar-refractivity contribution is 5.92. The number of Topliss-reactive ketones (excluding diaryl/α,β-unsaturated/α-hetero) is 1. The molecule has 1 heterocycles. The Hall–Kier alpha value is -1.42. The van der Waals surface area contributed by atoms with Gasteiger partial charge in [-0.3, -0.25) is 9.78 Å². The number of anilines is 1. The molecule has 0 saturated carbocycles. The summed E-state index contributed by atoms with van der Waals surface area (Å²) in [6, 6.07) is 3.61. The van der Waals surface area contributed by atoms with E-state index in [2.05, 4.69) is 16.8 Å². The largest absolute Gasteiger partial charge is 0.395 e. The third-order valence-corrected chi connectivity index (χ3v) is 2.63. The van der Waals surface area contributed by atoms with E-state index in [9.17, 15) is 4.79 Å². The first-order valence-corrected chi connectivity index (χ1v) is 6.01. The van der Waals surface area contributed by atoms with Crippen molar-refractivity contribution in [2.24, 2.45) is 0 Å². The number of pyridine rings is 1. The van der Waals surface area contributed by atoms with Crippen LogP contribution < -0.4 is 4.90 Å². The summed E-state index contributed by atoms with van der Waals surface area (Å²) in [5, 5.41) is 9.02. The molecule has 0 aromatic carbocycles. The highest BCUT2D eigenvalue weighted by atomic mass is 16.3. The Morgan fingerprint density at radius 2 is 2.18 bits per heavy atom. The van der Waals surface area contributed by atoms with Crippen LogP contribution >= 0.6 is 0 Å². The lowest BCUT2D eigenvalue weighted by atomic mass is 10.2. The molecule has 0 atom stereocenters. The summed E-state index contributed by atoms with van der Waals surface area (Å²) in [5.74, 6) is -0.0289. The Labute approximate surface area is 102 Å². The van der Waals surface area contributed by atoms with E-state index in [0.717, 1.165) is 25.1 Å². The lowest BCUT2D eigenvalue weighted by Crippen LogP contribution is -2.27. The van der Waals surface area contributed by atoms with E-state index in [1.165, 1.54) is 6.92 Å². The zero-order chi connectivity index (χ0) is 12.7. The third kappa shape index (κ3) is 4.15. The number of carbonyl (C=O) groups is 1. The SMILES string of the molecule is CCCCN(CCO)c1ccc(C(C)=O)nc1. The van der Waals surface area contributed by atoms with Gasteiger partial charge in [-0.25, -0.2) is 0 Å². The number of hydrogen-bond donors (Lipinski definition) is 1. The van der Waals surface area contributed by atoms with E-state index in [0.29, 0.717) is 12.2 Å². The number of ketones is 1. The van der Waals surface area contributed by atoms with E-state index in [-0.39, 0.29) is 12.4 Å². The van der Waals surface area contributed by atoms with E-state index in [4.69, 9.17) is 5.11 Å². The van der Waals surface area contributed by atoms with Gasteiger partial charge in [0.15, 0.2) is 5.78 Å². The second-order valence-corrected chi connectivity index (χ2v) is 4.02. The number of aliphatic hydroxyl groups is 1. The molecule has 1 rings (SSSR count). The van der Waals surface area contributed by atoms with Crippen molar-refractivity contribution in [3.8, 4) is 0 Å². The molecule has 0 amide bonds. The zero-order valence-corrected chi connectivity index (χ0v) is 10.5. The van der Waals surface area contributed by atoms with Gasteiger partial charge in [0.25, 0.3) is 0 Å². The first-order valence-electron chi connectivity index (χ1n) is 6.01. The average Bonchev–Trinajstić information content (AvgIpc) is 2.34. The molecule has 0 bridgehead atoms. The molecule has 1 N–H and O–H groups in total. The number of unbranched alkanes of at least 4 members (excludes halogenated alkanes) is 1. The quantitative estimate of drug-likeness (QED) is 0.734. The Morgan fingerprint density at radius 1 is 1.41 bits per heavy atom. The van der Waals surface area contributed by atoms with Gasteiger partial charge in [-0.15, -0.1) is 0 Å². The predicted molar refractivity (Wildman–Crippen MR) is 68.4 cm³/mol. The molecule has 94 valence electrons. The van der Waals surface area contributed by atoms with Gasteiger partial charge < -0.3 is 10.0 Å². The Kier molecular flexibility index (Phi) is 5.63. The summed E-state index contributed by atoms with van der Waals surface area (Å²) in [4.78, 5) is 17.3. The fourth-order valence-electron chi connectivity index (χ4n) is 1.62. The van der Waals surface area contributed by atoms with Gasteiger partial charge in [-0.1, -0.05) is 13.3 Å². The molecule has 1 aromatic heterocycles. The van der Waals surface area contributed by atoms with Crippen LogP contribution in [0.25, 0.3) is 0 Å². The van der Waals surface area contributed by atoms with Gasteiger partial charge in [0.1, 0.15) is 5.69 Å². The summed E-state index contributed by atoms with van der Waals surface area (Å²) >= 11 is 0. The normalized spacial score (nSPS) is 10.3. The number of nitrogens with zero attached hydrogens (tertiary/aromatic N) is 2.